The summed E-state index contributed by atoms with van der Waals surface area (Å²) in [5.41, 5.74) is 3.46. The maximum Gasteiger partial charge on any atom is 0.309 e. The van der Waals surface area contributed by atoms with E-state index in [2.05, 4.69) is 5.10 Å². The molecule has 1 heterocycles. The van der Waals surface area contributed by atoms with E-state index in [1.807, 2.05) is 48.1 Å². The second-order valence-electron chi connectivity index (χ2n) is 5.06. The van der Waals surface area contributed by atoms with E-state index >= 15 is 0 Å². The number of esters is 1. The molecule has 20 heavy (non-hydrogen) atoms. The molecular weight excluding hydrogens is 252 g/mol. The summed E-state index contributed by atoms with van der Waals surface area (Å²) in [5, 5.41) is 4.47. The van der Waals surface area contributed by atoms with Gasteiger partial charge in [0.1, 0.15) is 0 Å². The number of carbonyl (C=O) groups excluding carboxylic acids is 1. The van der Waals surface area contributed by atoms with Crippen molar-refractivity contribution in [3.05, 3.63) is 47.8 Å². The molecule has 0 saturated carbocycles. The number of hydrogen-bond donors (Lipinski definition) is 0. The smallest absolute Gasteiger partial charge is 0.309 e. The van der Waals surface area contributed by atoms with E-state index in [1.54, 1.807) is 0 Å². The summed E-state index contributed by atoms with van der Waals surface area (Å²) in [4.78, 5) is 11.8. The normalized spacial score (nSPS) is 17.6. The standard InChI is InChI=1S/C16H18N2O2/c1-2-20-16(19)12-8-9-15-13(10-12)11-17-18(15)14-6-4-3-5-7-14/h3-7,11-12H,2,8-10H2,1H3/t12-/m0/s1. The molecule has 1 aromatic carbocycles. The van der Waals surface area contributed by atoms with Crippen LogP contribution in [0.3, 0.4) is 0 Å². The molecule has 1 atom stereocenters. The monoisotopic (exact) mass is 270 g/mol. The summed E-state index contributed by atoms with van der Waals surface area (Å²) in [7, 11) is 0. The molecule has 1 aliphatic rings. The minimum atomic E-state index is -0.0781. The fraction of sp³-hybridized carbons (Fsp3) is 0.375. The van der Waals surface area contributed by atoms with Crippen LogP contribution in [0, 0.1) is 5.92 Å². The number of ether oxygens (including phenoxy) is 1. The number of hydrogen-bond acceptors (Lipinski definition) is 3. The second kappa shape index (κ2) is 5.49. The molecule has 4 heteroatoms. The van der Waals surface area contributed by atoms with Crippen LogP contribution in [-0.4, -0.2) is 22.4 Å². The molecule has 0 N–H and O–H groups in total. The lowest BCUT2D eigenvalue weighted by atomic mass is 9.88. The van der Waals surface area contributed by atoms with Crippen LogP contribution in [-0.2, 0) is 22.4 Å². The number of nitrogens with zero attached hydrogens (tertiary/aromatic N) is 2. The van der Waals surface area contributed by atoms with Crippen molar-refractivity contribution in [2.24, 2.45) is 5.92 Å². The van der Waals surface area contributed by atoms with Gasteiger partial charge in [-0.3, -0.25) is 4.79 Å². The average Bonchev–Trinajstić information content (AvgIpc) is 2.91. The minimum Gasteiger partial charge on any atom is -0.466 e. The van der Waals surface area contributed by atoms with E-state index in [9.17, 15) is 4.79 Å². The third-order valence-electron chi connectivity index (χ3n) is 3.77. The number of aromatic nitrogens is 2. The highest BCUT2D eigenvalue weighted by molar-refractivity contribution is 5.73. The van der Waals surface area contributed by atoms with E-state index in [0.29, 0.717) is 6.61 Å². The summed E-state index contributed by atoms with van der Waals surface area (Å²) < 4.78 is 7.10. The Morgan fingerprint density at radius 2 is 2.20 bits per heavy atom. The summed E-state index contributed by atoms with van der Waals surface area (Å²) in [6.07, 6.45) is 4.33. The van der Waals surface area contributed by atoms with Gasteiger partial charge >= 0.3 is 5.97 Å². The van der Waals surface area contributed by atoms with Crippen LogP contribution in [0.2, 0.25) is 0 Å². The molecule has 3 rings (SSSR count). The number of benzene rings is 1. The van der Waals surface area contributed by atoms with Gasteiger partial charge in [-0.15, -0.1) is 0 Å². The zero-order valence-corrected chi connectivity index (χ0v) is 11.6. The van der Waals surface area contributed by atoms with Crippen molar-refractivity contribution in [1.29, 1.82) is 0 Å². The van der Waals surface area contributed by atoms with Crippen molar-refractivity contribution in [3.63, 3.8) is 0 Å². The lowest BCUT2D eigenvalue weighted by molar-refractivity contribution is -0.148. The summed E-state index contributed by atoms with van der Waals surface area (Å²) in [5.74, 6) is -0.0958. The van der Waals surface area contributed by atoms with Crippen molar-refractivity contribution < 1.29 is 9.53 Å². The lowest BCUT2D eigenvalue weighted by Gasteiger charge is -2.21. The SMILES string of the molecule is CCOC(=O)[C@H]1CCc2c(cnn2-c2ccccc2)C1. The van der Waals surface area contributed by atoms with Gasteiger partial charge in [-0.2, -0.15) is 5.10 Å². The maximum atomic E-state index is 11.8. The number of rotatable bonds is 3. The lowest BCUT2D eigenvalue weighted by Crippen LogP contribution is -2.25. The Hall–Kier alpha value is -2.10. The zero-order chi connectivity index (χ0) is 13.9. The predicted octanol–water partition coefficient (Wildman–Crippen LogP) is 2.54. The third kappa shape index (κ3) is 2.33. The molecule has 0 spiro atoms. The first kappa shape index (κ1) is 12.9. The van der Waals surface area contributed by atoms with Gasteiger partial charge in [0.25, 0.3) is 0 Å². The molecule has 0 amide bonds. The van der Waals surface area contributed by atoms with Crippen LogP contribution in [0.1, 0.15) is 24.6 Å². The zero-order valence-electron chi connectivity index (χ0n) is 11.6. The van der Waals surface area contributed by atoms with Crippen molar-refractivity contribution in [3.8, 4) is 5.69 Å². The van der Waals surface area contributed by atoms with E-state index in [0.717, 1.165) is 30.5 Å². The molecule has 0 fully saturated rings. The van der Waals surface area contributed by atoms with E-state index < -0.39 is 0 Å². The van der Waals surface area contributed by atoms with Crippen LogP contribution >= 0.6 is 0 Å². The molecule has 4 nitrogen and oxygen atoms in total. The Morgan fingerprint density at radius 3 is 2.95 bits per heavy atom. The highest BCUT2D eigenvalue weighted by Crippen LogP contribution is 2.28. The van der Waals surface area contributed by atoms with Gasteiger partial charge in [0.15, 0.2) is 0 Å². The van der Waals surface area contributed by atoms with Crippen LogP contribution in [0.15, 0.2) is 36.5 Å². The molecule has 104 valence electrons. The predicted molar refractivity (Wildman–Crippen MR) is 75.7 cm³/mol. The second-order valence-corrected chi connectivity index (χ2v) is 5.06. The molecule has 1 aromatic heterocycles. The molecule has 0 bridgehead atoms. The highest BCUT2D eigenvalue weighted by atomic mass is 16.5. The fourth-order valence-electron chi connectivity index (χ4n) is 2.78. The quantitative estimate of drug-likeness (QED) is 0.805. The van der Waals surface area contributed by atoms with Crippen LogP contribution in [0.5, 0.6) is 0 Å². The largest absolute Gasteiger partial charge is 0.466 e. The summed E-state index contributed by atoms with van der Waals surface area (Å²) >= 11 is 0. The highest BCUT2D eigenvalue weighted by Gasteiger charge is 2.28. The Balaban J connectivity index is 1.84. The maximum absolute atomic E-state index is 11.8. The van der Waals surface area contributed by atoms with Gasteiger partial charge in [0.05, 0.1) is 24.4 Å². The van der Waals surface area contributed by atoms with Crippen LogP contribution in [0.4, 0.5) is 0 Å². The van der Waals surface area contributed by atoms with Crippen molar-refractivity contribution in [2.75, 3.05) is 6.61 Å². The van der Waals surface area contributed by atoms with Gasteiger partial charge < -0.3 is 4.74 Å². The van der Waals surface area contributed by atoms with E-state index in [1.165, 1.54) is 5.69 Å². The van der Waals surface area contributed by atoms with Crippen LogP contribution in [0.25, 0.3) is 5.69 Å². The molecular formula is C16H18N2O2. The number of fused-ring (bicyclic) bond motifs is 1. The van der Waals surface area contributed by atoms with Crippen molar-refractivity contribution in [1.82, 2.24) is 9.78 Å². The van der Waals surface area contributed by atoms with Crippen LogP contribution < -0.4 is 0 Å². The topological polar surface area (TPSA) is 44.1 Å². The van der Waals surface area contributed by atoms with Gasteiger partial charge in [-0.1, -0.05) is 18.2 Å². The van der Waals surface area contributed by atoms with Gasteiger partial charge in [-0.05, 0) is 43.9 Å². The first-order chi connectivity index (χ1) is 9.79. The Labute approximate surface area is 118 Å². The van der Waals surface area contributed by atoms with Crippen molar-refractivity contribution >= 4 is 5.97 Å². The average molecular weight is 270 g/mol. The first-order valence-electron chi connectivity index (χ1n) is 7.07. The van der Waals surface area contributed by atoms with E-state index in [-0.39, 0.29) is 11.9 Å². The fourth-order valence-corrected chi connectivity index (χ4v) is 2.78. The molecule has 0 aliphatic heterocycles. The molecule has 0 radical (unpaired) electrons. The Kier molecular flexibility index (Phi) is 3.54. The molecule has 2 aromatic rings. The Bertz CT molecular complexity index is 604. The number of carbonyl (C=O) groups is 1. The number of para-hydroxylation sites is 1. The molecule has 0 unspecified atom stereocenters. The van der Waals surface area contributed by atoms with Gasteiger partial charge in [-0.25, -0.2) is 4.68 Å². The van der Waals surface area contributed by atoms with Crippen molar-refractivity contribution in [2.45, 2.75) is 26.2 Å². The molecule has 0 saturated heterocycles. The first-order valence-corrected chi connectivity index (χ1v) is 7.07. The Morgan fingerprint density at radius 1 is 1.40 bits per heavy atom. The summed E-state index contributed by atoms with van der Waals surface area (Å²) in [6.45, 7) is 2.30. The van der Waals surface area contributed by atoms with Gasteiger partial charge in [0.2, 0.25) is 0 Å². The van der Waals surface area contributed by atoms with Gasteiger partial charge in [0, 0.05) is 5.69 Å². The third-order valence-corrected chi connectivity index (χ3v) is 3.77. The molecule has 1 aliphatic carbocycles. The van der Waals surface area contributed by atoms with E-state index in [4.69, 9.17) is 4.74 Å². The minimum absolute atomic E-state index is 0.0177. The summed E-state index contributed by atoms with van der Waals surface area (Å²) in [6, 6.07) is 10.1.